The Morgan fingerprint density at radius 1 is 1.50 bits per heavy atom. The maximum atomic E-state index is 13.2. The second kappa shape index (κ2) is 6.61. The third kappa shape index (κ3) is 4.02. The van der Waals surface area contributed by atoms with Crippen molar-refractivity contribution in [1.29, 1.82) is 0 Å². The molecule has 3 nitrogen and oxygen atoms in total. The van der Waals surface area contributed by atoms with Crippen LogP contribution in [0.3, 0.4) is 0 Å². The molecule has 0 radical (unpaired) electrons. The summed E-state index contributed by atoms with van der Waals surface area (Å²) in [7, 11) is 0. The molecule has 0 aromatic heterocycles. The van der Waals surface area contributed by atoms with Crippen molar-refractivity contribution in [2.75, 3.05) is 6.61 Å². The summed E-state index contributed by atoms with van der Waals surface area (Å²) in [4.78, 5) is 0. The van der Waals surface area contributed by atoms with E-state index >= 15 is 0 Å². The summed E-state index contributed by atoms with van der Waals surface area (Å²) in [5.41, 5.74) is 3.39. The van der Waals surface area contributed by atoms with Crippen molar-refractivity contribution in [2.24, 2.45) is 5.84 Å². The highest BCUT2D eigenvalue weighted by Crippen LogP contribution is 2.22. The van der Waals surface area contributed by atoms with Crippen LogP contribution in [0.2, 0.25) is 0 Å². The van der Waals surface area contributed by atoms with Crippen LogP contribution in [0.4, 0.5) is 4.39 Å². The molecule has 1 aromatic carbocycles. The lowest BCUT2D eigenvalue weighted by Crippen LogP contribution is -2.52. The average Bonchev–Trinajstić information content (AvgIpc) is 2.30. The van der Waals surface area contributed by atoms with Crippen LogP contribution in [0.15, 0.2) is 22.7 Å². The number of hydrazine groups is 1. The maximum absolute atomic E-state index is 13.2. The number of hydrogen-bond donors (Lipinski definition) is 2. The summed E-state index contributed by atoms with van der Waals surface area (Å²) >= 11 is 3.18. The summed E-state index contributed by atoms with van der Waals surface area (Å²) in [6.07, 6.45) is 0.669. The molecule has 3 N–H and O–H groups in total. The average molecular weight is 319 g/mol. The molecule has 0 aliphatic rings. The van der Waals surface area contributed by atoms with Crippen molar-refractivity contribution >= 4 is 15.9 Å². The zero-order valence-electron chi connectivity index (χ0n) is 11.0. The van der Waals surface area contributed by atoms with Gasteiger partial charge in [0.05, 0.1) is 16.1 Å². The van der Waals surface area contributed by atoms with Gasteiger partial charge in [0, 0.05) is 6.61 Å². The molecule has 0 saturated carbocycles. The Morgan fingerprint density at radius 2 is 2.17 bits per heavy atom. The van der Waals surface area contributed by atoms with E-state index in [1.165, 1.54) is 6.07 Å². The summed E-state index contributed by atoms with van der Waals surface area (Å²) in [6.45, 7) is 6.54. The van der Waals surface area contributed by atoms with E-state index in [1.54, 1.807) is 12.1 Å². The van der Waals surface area contributed by atoms with Crippen LogP contribution in [0.5, 0.6) is 0 Å². The largest absolute Gasteiger partial charge is 0.374 e. The first-order chi connectivity index (χ1) is 8.40. The van der Waals surface area contributed by atoms with Gasteiger partial charge in [0.25, 0.3) is 0 Å². The lowest BCUT2D eigenvalue weighted by molar-refractivity contribution is -0.0380. The quantitative estimate of drug-likeness (QED) is 0.626. The van der Waals surface area contributed by atoms with Crippen LogP contribution in [0.1, 0.15) is 26.3 Å². The van der Waals surface area contributed by atoms with Gasteiger partial charge in [-0.3, -0.25) is 11.3 Å². The van der Waals surface area contributed by atoms with E-state index < -0.39 is 0 Å². The Balaban J connectivity index is 2.82. The Kier molecular flexibility index (Phi) is 5.72. The molecular weight excluding hydrogens is 299 g/mol. The monoisotopic (exact) mass is 318 g/mol. The lowest BCUT2D eigenvalue weighted by atomic mass is 9.92. The Labute approximate surface area is 116 Å². The Hall–Kier alpha value is -0.490. The third-order valence-corrected chi connectivity index (χ3v) is 3.59. The van der Waals surface area contributed by atoms with E-state index in [9.17, 15) is 4.39 Å². The highest BCUT2D eigenvalue weighted by atomic mass is 79.9. The molecule has 5 heteroatoms. The standard InChI is InChI=1S/C13H20BrFN2O/c1-4-18-13(2,3)12(17-16)8-9-5-6-11(15)10(14)7-9/h5-7,12,17H,4,8,16H2,1-3H3. The van der Waals surface area contributed by atoms with Crippen molar-refractivity contribution in [1.82, 2.24) is 5.43 Å². The second-order valence-corrected chi connectivity index (χ2v) is 5.56. The van der Waals surface area contributed by atoms with E-state index in [-0.39, 0.29) is 17.5 Å². The fourth-order valence-corrected chi connectivity index (χ4v) is 2.31. The van der Waals surface area contributed by atoms with Crippen molar-refractivity contribution < 1.29 is 9.13 Å². The molecule has 1 unspecified atom stereocenters. The van der Waals surface area contributed by atoms with E-state index in [0.717, 1.165) is 5.56 Å². The fraction of sp³-hybridized carbons (Fsp3) is 0.538. The van der Waals surface area contributed by atoms with Crippen molar-refractivity contribution in [3.8, 4) is 0 Å². The van der Waals surface area contributed by atoms with Gasteiger partial charge in [-0.1, -0.05) is 6.07 Å². The molecule has 0 amide bonds. The third-order valence-electron chi connectivity index (χ3n) is 2.98. The SMILES string of the molecule is CCOC(C)(C)C(Cc1ccc(F)c(Br)c1)NN. The summed E-state index contributed by atoms with van der Waals surface area (Å²) < 4.78 is 19.3. The van der Waals surface area contributed by atoms with Crippen molar-refractivity contribution in [2.45, 2.75) is 38.8 Å². The highest BCUT2D eigenvalue weighted by Gasteiger charge is 2.29. The van der Waals surface area contributed by atoms with Gasteiger partial charge in [0.15, 0.2) is 0 Å². The van der Waals surface area contributed by atoms with E-state index in [2.05, 4.69) is 21.4 Å². The molecule has 18 heavy (non-hydrogen) atoms. The molecule has 0 bridgehead atoms. The molecule has 0 fully saturated rings. The molecule has 0 saturated heterocycles. The number of rotatable bonds is 6. The van der Waals surface area contributed by atoms with Gasteiger partial charge in [0.1, 0.15) is 5.82 Å². The van der Waals surface area contributed by atoms with Gasteiger partial charge in [0.2, 0.25) is 0 Å². The number of nitrogens with two attached hydrogens (primary N) is 1. The van der Waals surface area contributed by atoms with Crippen LogP contribution in [-0.2, 0) is 11.2 Å². The summed E-state index contributed by atoms with van der Waals surface area (Å²) in [5, 5.41) is 0. The molecule has 0 spiro atoms. The van der Waals surface area contributed by atoms with Crippen LogP contribution < -0.4 is 11.3 Å². The molecule has 1 rings (SSSR count). The highest BCUT2D eigenvalue weighted by molar-refractivity contribution is 9.10. The van der Waals surface area contributed by atoms with Gasteiger partial charge in [-0.2, -0.15) is 0 Å². The van der Waals surface area contributed by atoms with E-state index in [1.807, 2.05) is 20.8 Å². The Morgan fingerprint density at radius 3 is 2.67 bits per heavy atom. The first-order valence-electron chi connectivity index (χ1n) is 5.94. The van der Waals surface area contributed by atoms with Crippen molar-refractivity contribution in [3.63, 3.8) is 0 Å². The van der Waals surface area contributed by atoms with Crippen LogP contribution in [0.25, 0.3) is 0 Å². The van der Waals surface area contributed by atoms with E-state index in [4.69, 9.17) is 10.6 Å². The van der Waals surface area contributed by atoms with Gasteiger partial charge in [-0.15, -0.1) is 0 Å². The smallest absolute Gasteiger partial charge is 0.137 e. The summed E-state index contributed by atoms with van der Waals surface area (Å²) in [6, 6.07) is 4.92. The molecule has 0 aliphatic carbocycles. The molecular formula is C13H20BrFN2O. The number of ether oxygens (including phenoxy) is 1. The number of nitrogens with one attached hydrogen (secondary N) is 1. The predicted octanol–water partition coefficient (Wildman–Crippen LogP) is 2.78. The van der Waals surface area contributed by atoms with Gasteiger partial charge in [-0.05, 0) is 60.8 Å². The molecule has 0 aliphatic heterocycles. The number of benzene rings is 1. The van der Waals surface area contributed by atoms with Crippen LogP contribution in [-0.4, -0.2) is 18.2 Å². The Bertz CT molecular complexity index is 399. The van der Waals surface area contributed by atoms with E-state index in [0.29, 0.717) is 17.5 Å². The maximum Gasteiger partial charge on any atom is 0.137 e. The first kappa shape index (κ1) is 15.6. The van der Waals surface area contributed by atoms with Gasteiger partial charge in [-0.25, -0.2) is 4.39 Å². The molecule has 0 heterocycles. The van der Waals surface area contributed by atoms with Gasteiger partial charge >= 0.3 is 0 Å². The fourth-order valence-electron chi connectivity index (χ4n) is 1.88. The van der Waals surface area contributed by atoms with Crippen molar-refractivity contribution in [3.05, 3.63) is 34.1 Å². The zero-order chi connectivity index (χ0) is 13.8. The van der Waals surface area contributed by atoms with Gasteiger partial charge < -0.3 is 4.74 Å². The topological polar surface area (TPSA) is 47.3 Å². The summed E-state index contributed by atoms with van der Waals surface area (Å²) in [5.74, 6) is 5.33. The first-order valence-corrected chi connectivity index (χ1v) is 6.74. The number of hydrogen-bond acceptors (Lipinski definition) is 3. The minimum Gasteiger partial charge on any atom is -0.374 e. The van der Waals surface area contributed by atoms with Crippen LogP contribution in [0, 0.1) is 5.82 Å². The zero-order valence-corrected chi connectivity index (χ0v) is 12.6. The molecule has 1 aromatic rings. The molecule has 102 valence electrons. The predicted molar refractivity (Wildman–Crippen MR) is 74.6 cm³/mol. The normalized spacial score (nSPS) is 13.7. The lowest BCUT2D eigenvalue weighted by Gasteiger charge is -2.33. The molecule has 1 atom stereocenters. The van der Waals surface area contributed by atoms with Crippen LogP contribution >= 0.6 is 15.9 Å². The second-order valence-electron chi connectivity index (χ2n) is 4.71. The minimum atomic E-state index is -0.385. The number of halogens is 2. The minimum absolute atomic E-state index is 0.0465.